The quantitative estimate of drug-likeness (QED) is 0.326. The van der Waals surface area contributed by atoms with Crippen LogP contribution in [0.15, 0.2) is 0 Å². The summed E-state index contributed by atoms with van der Waals surface area (Å²) < 4.78 is 0. The lowest BCUT2D eigenvalue weighted by Crippen LogP contribution is -2.26. The average Bonchev–Trinajstić information content (AvgIpc) is 2.52. The van der Waals surface area contributed by atoms with Crippen molar-refractivity contribution >= 4 is 17.8 Å². The highest BCUT2D eigenvalue weighted by atomic mass is 17.1. The number of carbonyl (C=O) groups is 3. The van der Waals surface area contributed by atoms with Gasteiger partial charge in [0.2, 0.25) is 0 Å². The molecule has 0 spiro atoms. The molecule has 2 N–H and O–H groups in total. The van der Waals surface area contributed by atoms with Gasteiger partial charge in [0.15, 0.2) is 0 Å². The number of amides is 1. The van der Waals surface area contributed by atoms with E-state index >= 15 is 0 Å². The van der Waals surface area contributed by atoms with Crippen LogP contribution < -0.4 is 5.48 Å². The minimum Gasteiger partial charge on any atom is -0.341 e. The van der Waals surface area contributed by atoms with Crippen LogP contribution in [-0.4, -0.2) is 23.1 Å². The van der Waals surface area contributed by atoms with Crippen LogP contribution in [0.25, 0.3) is 0 Å². The van der Waals surface area contributed by atoms with Crippen LogP contribution in [0.1, 0.15) is 77.6 Å². The number of hydroxylamine groups is 1. The summed E-state index contributed by atoms with van der Waals surface area (Å²) in [7, 11) is 0. The molecule has 0 atom stereocenters. The Balaban J connectivity index is 3.45. The predicted molar refractivity (Wildman–Crippen MR) is 79.4 cm³/mol. The van der Waals surface area contributed by atoms with Crippen LogP contribution in [0, 0.1) is 0 Å². The zero-order chi connectivity index (χ0) is 16.6. The first-order valence-corrected chi connectivity index (χ1v) is 7.93. The van der Waals surface area contributed by atoms with E-state index in [0.717, 1.165) is 19.3 Å². The van der Waals surface area contributed by atoms with Gasteiger partial charge in [-0.15, -0.1) is 0 Å². The fourth-order valence-corrected chi connectivity index (χ4v) is 1.87. The second-order valence-corrected chi connectivity index (χ2v) is 5.19. The third kappa shape index (κ3) is 13.4. The largest absolute Gasteiger partial charge is 0.342 e. The van der Waals surface area contributed by atoms with Crippen LogP contribution >= 0.6 is 0 Å². The highest BCUT2D eigenvalue weighted by Crippen LogP contribution is 2.07. The van der Waals surface area contributed by atoms with Gasteiger partial charge in [-0.1, -0.05) is 39.0 Å². The van der Waals surface area contributed by atoms with E-state index in [9.17, 15) is 14.4 Å². The highest BCUT2D eigenvalue weighted by Gasteiger charge is 2.08. The van der Waals surface area contributed by atoms with Gasteiger partial charge in [0.25, 0.3) is 5.91 Å². The molecule has 0 rings (SSSR count). The minimum atomic E-state index is -0.736. The molecule has 0 saturated carbocycles. The van der Waals surface area contributed by atoms with Crippen molar-refractivity contribution in [2.45, 2.75) is 77.6 Å². The molecule has 0 aromatic carbocycles. The Hall–Kier alpha value is -1.63. The Morgan fingerprint density at radius 1 is 0.818 bits per heavy atom. The van der Waals surface area contributed by atoms with Crippen molar-refractivity contribution in [1.29, 1.82) is 0 Å². The number of hydrogen-bond acceptors (Lipinski definition) is 6. The zero-order valence-electron chi connectivity index (χ0n) is 13.3. The number of rotatable bonds is 12. The molecule has 7 nitrogen and oxygen atoms in total. The summed E-state index contributed by atoms with van der Waals surface area (Å²) in [6.07, 6.45) is 7.82. The van der Waals surface area contributed by atoms with Gasteiger partial charge in [0.05, 0.1) is 0 Å². The first kappa shape index (κ1) is 20.4. The van der Waals surface area contributed by atoms with E-state index in [1.54, 1.807) is 0 Å². The molecule has 0 aliphatic carbocycles. The maximum atomic E-state index is 11.4. The number of carbonyl (C=O) groups excluding carboxylic acids is 3. The molecule has 7 heteroatoms. The van der Waals surface area contributed by atoms with Crippen LogP contribution in [0.5, 0.6) is 0 Å². The maximum Gasteiger partial charge on any atom is 0.342 e. The fraction of sp³-hybridized carbons (Fsp3) is 0.800. The normalized spacial score (nSPS) is 10.1. The van der Waals surface area contributed by atoms with E-state index < -0.39 is 11.9 Å². The van der Waals surface area contributed by atoms with Crippen LogP contribution in [0.4, 0.5) is 0 Å². The molecule has 0 unspecified atom stereocenters. The molecule has 0 heterocycles. The smallest absolute Gasteiger partial charge is 0.341 e. The van der Waals surface area contributed by atoms with Crippen molar-refractivity contribution in [3.63, 3.8) is 0 Å². The van der Waals surface area contributed by atoms with E-state index in [1.807, 2.05) is 0 Å². The van der Waals surface area contributed by atoms with Gasteiger partial charge in [-0.25, -0.2) is 9.59 Å². The summed E-state index contributed by atoms with van der Waals surface area (Å²) in [5, 5.41) is 8.03. The Morgan fingerprint density at radius 3 is 2.00 bits per heavy atom. The van der Waals surface area contributed by atoms with E-state index in [1.165, 1.54) is 19.3 Å². The molecule has 22 heavy (non-hydrogen) atoms. The minimum absolute atomic E-state index is 0.0359. The second kappa shape index (κ2) is 14.3. The lowest BCUT2D eigenvalue weighted by atomic mass is 10.1. The van der Waals surface area contributed by atoms with E-state index in [2.05, 4.69) is 22.1 Å². The molecule has 0 radical (unpaired) electrons. The monoisotopic (exact) mass is 317 g/mol. The Morgan fingerprint density at radius 2 is 1.36 bits per heavy atom. The van der Waals surface area contributed by atoms with Gasteiger partial charge < -0.3 is 9.73 Å². The van der Waals surface area contributed by atoms with Crippen LogP contribution in [0.2, 0.25) is 0 Å². The summed E-state index contributed by atoms with van der Waals surface area (Å²) in [5.41, 5.74) is 2.13. The van der Waals surface area contributed by atoms with E-state index in [-0.39, 0.29) is 18.7 Å². The van der Waals surface area contributed by atoms with Gasteiger partial charge in [0.1, 0.15) is 0 Å². The average molecular weight is 317 g/mol. The lowest BCUT2D eigenvalue weighted by molar-refractivity contribution is -0.234. The first-order valence-electron chi connectivity index (χ1n) is 7.93. The summed E-state index contributed by atoms with van der Waals surface area (Å²) >= 11 is 0. The molecule has 0 aromatic rings. The molecule has 0 fully saturated rings. The summed E-state index contributed by atoms with van der Waals surface area (Å²) in [6, 6.07) is 0. The number of hydrogen-bond donors (Lipinski definition) is 2. The third-order valence-corrected chi connectivity index (χ3v) is 3.15. The van der Waals surface area contributed by atoms with E-state index in [0.29, 0.717) is 19.3 Å². The second-order valence-electron chi connectivity index (χ2n) is 5.19. The van der Waals surface area contributed by atoms with Gasteiger partial charge in [-0.3, -0.25) is 4.79 Å². The van der Waals surface area contributed by atoms with Crippen LogP contribution in [-0.2, 0) is 24.1 Å². The van der Waals surface area contributed by atoms with Gasteiger partial charge >= 0.3 is 11.9 Å². The van der Waals surface area contributed by atoms with E-state index in [4.69, 9.17) is 5.26 Å². The van der Waals surface area contributed by atoms with Gasteiger partial charge in [0, 0.05) is 19.3 Å². The van der Waals surface area contributed by atoms with Crippen molar-refractivity contribution < 1.29 is 29.4 Å². The Kier molecular flexibility index (Phi) is 13.3. The van der Waals surface area contributed by atoms with Crippen molar-refractivity contribution in [3.8, 4) is 0 Å². The van der Waals surface area contributed by atoms with Crippen molar-refractivity contribution in [1.82, 2.24) is 5.48 Å². The zero-order valence-corrected chi connectivity index (χ0v) is 13.3. The topological polar surface area (TPSA) is 102 Å². The molecule has 0 saturated heterocycles. The Labute approximate surface area is 131 Å². The summed E-state index contributed by atoms with van der Waals surface area (Å²) in [5.74, 6) is -1.58. The molecule has 1 amide bonds. The number of unbranched alkanes of at least 4 members (excludes halogenated alkanes) is 6. The molecular formula is C15H27NO6. The maximum absolute atomic E-state index is 11.4. The molecule has 0 bridgehead atoms. The summed E-state index contributed by atoms with van der Waals surface area (Å²) in [4.78, 5) is 41.5. The predicted octanol–water partition coefficient (Wildman–Crippen LogP) is 2.89. The molecule has 0 aliphatic heterocycles. The molecule has 0 aliphatic rings. The first-order chi connectivity index (χ1) is 10.6. The molecule has 128 valence electrons. The molecular weight excluding hydrogens is 290 g/mol. The van der Waals surface area contributed by atoms with Crippen LogP contribution in [0.3, 0.4) is 0 Å². The Bertz CT molecular complexity index is 332. The van der Waals surface area contributed by atoms with Crippen molar-refractivity contribution in [3.05, 3.63) is 0 Å². The van der Waals surface area contributed by atoms with Gasteiger partial charge in [-0.2, -0.15) is 10.7 Å². The fourth-order valence-electron chi connectivity index (χ4n) is 1.87. The van der Waals surface area contributed by atoms with Crippen molar-refractivity contribution in [2.75, 3.05) is 0 Å². The summed E-state index contributed by atoms with van der Waals surface area (Å²) in [6.45, 7) is 2.15. The highest BCUT2D eigenvalue weighted by molar-refractivity contribution is 5.77. The molecule has 0 aromatic heterocycles. The third-order valence-electron chi connectivity index (χ3n) is 3.15. The van der Waals surface area contributed by atoms with Gasteiger partial charge in [-0.05, 0) is 19.3 Å². The SMILES string of the molecule is CCCCCCCCC(=O)NOC(=O)CCCCC(=O)OO. The standard InChI is InChI=1S/C15H27NO6/c1-2-3-4-5-6-7-10-13(17)16-21-14(18)11-8-9-12-15(19)22-20/h20H,2-12H2,1H3,(H,16,17). The lowest BCUT2D eigenvalue weighted by Gasteiger charge is -2.05. The number of nitrogens with one attached hydrogen (secondary N) is 1. The van der Waals surface area contributed by atoms with Crippen molar-refractivity contribution in [2.24, 2.45) is 0 Å².